The summed E-state index contributed by atoms with van der Waals surface area (Å²) in [5.74, 6) is 1.07. The summed E-state index contributed by atoms with van der Waals surface area (Å²) in [5, 5.41) is 4.44. The molecular weight excluding hydrogens is 659 g/mol. The van der Waals surface area contributed by atoms with Crippen LogP contribution in [0.25, 0.3) is 77.2 Å². The Morgan fingerprint density at radius 1 is 0.463 bits per heavy atom. The van der Waals surface area contributed by atoms with E-state index in [0.717, 1.165) is 60.9 Å². The molecule has 4 heteroatoms. The number of aliphatic imine (C=N–C) groups is 3. The van der Waals surface area contributed by atoms with Gasteiger partial charge in [-0.25, -0.2) is 9.98 Å². The minimum absolute atomic E-state index is 0.478. The van der Waals surface area contributed by atoms with Crippen LogP contribution in [0.3, 0.4) is 0 Å². The molecule has 0 N–H and O–H groups in total. The first-order chi connectivity index (χ1) is 26.7. The molecule has 254 valence electrons. The molecule has 10 rings (SSSR count). The van der Waals surface area contributed by atoms with Crippen LogP contribution in [0.4, 0.5) is 0 Å². The second-order valence-corrected chi connectivity index (χ2v) is 13.6. The molecule has 54 heavy (non-hydrogen) atoms. The number of rotatable bonds is 6. The zero-order chi connectivity index (χ0) is 36.0. The number of nitrogens with zero attached hydrogens (tertiary/aromatic N) is 3. The van der Waals surface area contributed by atoms with Crippen molar-refractivity contribution < 1.29 is 4.42 Å². The lowest BCUT2D eigenvalue weighted by molar-refractivity contribution is 0.670. The van der Waals surface area contributed by atoms with Gasteiger partial charge in [0, 0.05) is 27.5 Å². The van der Waals surface area contributed by atoms with E-state index in [-0.39, 0.29) is 0 Å². The zero-order valence-corrected chi connectivity index (χ0v) is 29.4. The molecule has 1 heterocycles. The van der Waals surface area contributed by atoms with Crippen molar-refractivity contribution in [1.29, 1.82) is 0 Å². The highest BCUT2D eigenvalue weighted by Gasteiger charge is 2.24. The summed E-state index contributed by atoms with van der Waals surface area (Å²) < 4.78 is 6.76. The number of para-hydroxylation sites is 1. The molecule has 0 spiro atoms. The van der Waals surface area contributed by atoms with E-state index >= 15 is 0 Å². The van der Waals surface area contributed by atoms with Crippen molar-refractivity contribution in [1.82, 2.24) is 0 Å². The quantitative estimate of drug-likeness (QED) is 0.126. The van der Waals surface area contributed by atoms with Gasteiger partial charge in [-0.3, -0.25) is 4.99 Å². The number of amidine groups is 2. The fourth-order valence-corrected chi connectivity index (χ4v) is 7.95. The lowest BCUT2D eigenvalue weighted by Crippen LogP contribution is -2.06. The molecule has 9 aromatic rings. The maximum Gasteiger partial charge on any atom is 0.161 e. The molecule has 0 atom stereocenters. The average Bonchev–Trinajstić information content (AvgIpc) is 3.79. The van der Waals surface area contributed by atoms with Crippen LogP contribution in [0.5, 0.6) is 0 Å². The fourth-order valence-electron chi connectivity index (χ4n) is 7.95. The van der Waals surface area contributed by atoms with E-state index < -0.39 is 0 Å². The van der Waals surface area contributed by atoms with E-state index in [4.69, 9.17) is 14.4 Å². The van der Waals surface area contributed by atoms with Crippen molar-refractivity contribution >= 4 is 51.1 Å². The van der Waals surface area contributed by atoms with Crippen molar-refractivity contribution in [3.63, 3.8) is 0 Å². The van der Waals surface area contributed by atoms with Gasteiger partial charge in [0.1, 0.15) is 11.2 Å². The monoisotopic (exact) mass is 691 g/mol. The van der Waals surface area contributed by atoms with Crippen LogP contribution < -0.4 is 0 Å². The third-order valence-electron chi connectivity index (χ3n) is 10.5. The molecular formula is C50H33N3O. The highest BCUT2D eigenvalue weighted by Crippen LogP contribution is 2.50. The van der Waals surface area contributed by atoms with Crippen LogP contribution in [0, 0.1) is 0 Å². The molecule has 0 amide bonds. The van der Waals surface area contributed by atoms with Gasteiger partial charge < -0.3 is 4.42 Å². The van der Waals surface area contributed by atoms with Crippen molar-refractivity contribution in [3.05, 3.63) is 193 Å². The molecule has 0 aliphatic heterocycles. The van der Waals surface area contributed by atoms with Crippen molar-refractivity contribution in [3.8, 4) is 44.5 Å². The third kappa shape index (κ3) is 5.27. The van der Waals surface area contributed by atoms with Crippen molar-refractivity contribution in [2.45, 2.75) is 6.54 Å². The van der Waals surface area contributed by atoms with Crippen LogP contribution in [0.15, 0.2) is 195 Å². The van der Waals surface area contributed by atoms with Crippen LogP contribution in [0.1, 0.15) is 16.7 Å². The second kappa shape index (κ2) is 13.1. The standard InChI is InChI=1S/C50H33N3O/c1-51-50(53-49(52-31-32-13-4-2-5-14-32)35-27-25-34(26-28-35)33-15-6-3-7-16-33)44-23-12-24-45-47(44)43-22-11-21-42(48(43)54-45)38-29-30-41-37-18-9-8-17-36(37)39-19-10-20-40(38)46(39)41/h2-30H,1,31H2. The molecule has 1 aromatic heterocycles. The smallest absolute Gasteiger partial charge is 0.161 e. The van der Waals surface area contributed by atoms with E-state index in [2.05, 4.69) is 145 Å². The average molecular weight is 692 g/mol. The van der Waals surface area contributed by atoms with E-state index in [9.17, 15) is 0 Å². The maximum atomic E-state index is 6.76. The Hall–Kier alpha value is -7.17. The molecule has 0 radical (unpaired) electrons. The van der Waals surface area contributed by atoms with Gasteiger partial charge in [0.2, 0.25) is 0 Å². The van der Waals surface area contributed by atoms with Gasteiger partial charge in [0.15, 0.2) is 11.7 Å². The summed E-state index contributed by atoms with van der Waals surface area (Å²) in [4.78, 5) is 14.7. The van der Waals surface area contributed by atoms with Gasteiger partial charge in [-0.15, -0.1) is 0 Å². The summed E-state index contributed by atoms with van der Waals surface area (Å²) >= 11 is 0. The third-order valence-corrected chi connectivity index (χ3v) is 10.5. The first-order valence-electron chi connectivity index (χ1n) is 18.2. The second-order valence-electron chi connectivity index (χ2n) is 13.6. The molecule has 0 bridgehead atoms. The van der Waals surface area contributed by atoms with Gasteiger partial charge in [0.05, 0.1) is 6.54 Å². The molecule has 8 aromatic carbocycles. The summed E-state index contributed by atoms with van der Waals surface area (Å²) in [6.45, 7) is 4.48. The predicted molar refractivity (Wildman–Crippen MR) is 226 cm³/mol. The van der Waals surface area contributed by atoms with E-state index in [1.54, 1.807) is 0 Å². The van der Waals surface area contributed by atoms with Gasteiger partial charge in [-0.1, -0.05) is 170 Å². The molecule has 0 saturated heterocycles. The normalized spacial score (nSPS) is 12.4. The van der Waals surface area contributed by atoms with Gasteiger partial charge in [-0.2, -0.15) is 0 Å². The van der Waals surface area contributed by atoms with E-state index in [1.165, 1.54) is 33.0 Å². The summed E-state index contributed by atoms with van der Waals surface area (Å²) in [6.07, 6.45) is 0. The van der Waals surface area contributed by atoms with Gasteiger partial charge in [0.25, 0.3) is 0 Å². The number of benzene rings is 8. The highest BCUT2D eigenvalue weighted by molar-refractivity contribution is 6.24. The molecule has 0 fully saturated rings. The van der Waals surface area contributed by atoms with Crippen molar-refractivity contribution in [2.24, 2.45) is 15.0 Å². The molecule has 4 nitrogen and oxygen atoms in total. The molecule has 0 saturated carbocycles. The van der Waals surface area contributed by atoms with Gasteiger partial charge in [-0.05, 0) is 68.1 Å². The maximum absolute atomic E-state index is 6.76. The first-order valence-corrected chi connectivity index (χ1v) is 18.2. The Bertz CT molecular complexity index is 2930. The lowest BCUT2D eigenvalue weighted by Gasteiger charge is -2.10. The van der Waals surface area contributed by atoms with E-state index in [0.29, 0.717) is 18.2 Å². The fraction of sp³-hybridized carbons (Fsp3) is 0.0200. The number of hydrogen-bond acceptors (Lipinski definition) is 2. The Kier molecular flexibility index (Phi) is 7.66. The Morgan fingerprint density at radius 3 is 1.83 bits per heavy atom. The largest absolute Gasteiger partial charge is 0.455 e. The van der Waals surface area contributed by atoms with Gasteiger partial charge >= 0.3 is 0 Å². The molecule has 1 aliphatic carbocycles. The predicted octanol–water partition coefficient (Wildman–Crippen LogP) is 12.8. The number of hydrogen-bond donors (Lipinski definition) is 0. The summed E-state index contributed by atoms with van der Waals surface area (Å²) in [7, 11) is 0. The van der Waals surface area contributed by atoms with Crippen LogP contribution >= 0.6 is 0 Å². The van der Waals surface area contributed by atoms with E-state index in [1.807, 2.05) is 42.5 Å². The Labute approximate surface area is 313 Å². The molecule has 0 unspecified atom stereocenters. The first kappa shape index (κ1) is 31.6. The Balaban J connectivity index is 1.11. The molecule has 1 aliphatic rings. The summed E-state index contributed by atoms with van der Waals surface area (Å²) in [6, 6.07) is 61.2. The summed E-state index contributed by atoms with van der Waals surface area (Å²) in [5.41, 5.74) is 14.0. The highest BCUT2D eigenvalue weighted by atomic mass is 16.3. The minimum atomic E-state index is 0.478. The minimum Gasteiger partial charge on any atom is -0.455 e. The number of furan rings is 1. The van der Waals surface area contributed by atoms with Crippen LogP contribution in [0.2, 0.25) is 0 Å². The van der Waals surface area contributed by atoms with Crippen LogP contribution in [-0.2, 0) is 6.54 Å². The topological polar surface area (TPSA) is 50.2 Å². The number of fused-ring (bicyclic) bond motifs is 6. The Morgan fingerprint density at radius 2 is 1.07 bits per heavy atom. The zero-order valence-electron chi connectivity index (χ0n) is 29.4. The SMILES string of the molecule is C=NC(=NC(=NCc1ccccc1)c1ccc(-c2ccccc2)cc1)c1cccc2oc3c(-c4ccc5c6c(cccc46)-c4ccccc4-5)cccc3c12. The van der Waals surface area contributed by atoms with Crippen LogP contribution in [-0.4, -0.2) is 18.4 Å². The lowest BCUT2D eigenvalue weighted by atomic mass is 9.93. The van der Waals surface area contributed by atoms with Crippen molar-refractivity contribution in [2.75, 3.05) is 0 Å².